The van der Waals surface area contributed by atoms with Crippen LogP contribution in [0.15, 0.2) is 18.2 Å². The van der Waals surface area contributed by atoms with Gasteiger partial charge in [-0.2, -0.15) is 13.2 Å². The molecule has 0 heterocycles. The van der Waals surface area contributed by atoms with Crippen LogP contribution >= 0.6 is 0 Å². The number of alkyl halides is 3. The van der Waals surface area contributed by atoms with Gasteiger partial charge >= 0.3 is 6.18 Å². The normalized spacial score (nSPS) is 12.7. The molecule has 1 aromatic rings. The number of nitrogens with zero attached hydrogens (tertiary/aromatic N) is 1. The quantitative estimate of drug-likeness (QED) is 0.849. The van der Waals surface area contributed by atoms with Crippen LogP contribution in [0.25, 0.3) is 0 Å². The van der Waals surface area contributed by atoms with E-state index in [0.717, 1.165) is 12.1 Å². The van der Waals surface area contributed by atoms with E-state index in [2.05, 4.69) is 5.32 Å². The summed E-state index contributed by atoms with van der Waals surface area (Å²) in [5.74, 6) is -0.567. The third-order valence-electron chi connectivity index (χ3n) is 3.15. The molecule has 7 heteroatoms. The van der Waals surface area contributed by atoms with Crippen molar-refractivity contribution < 1.29 is 22.8 Å². The Labute approximate surface area is 120 Å². The second kappa shape index (κ2) is 6.60. The number of amides is 1. The van der Waals surface area contributed by atoms with E-state index in [1.54, 1.807) is 18.9 Å². The maximum Gasteiger partial charge on any atom is 0.417 e. The van der Waals surface area contributed by atoms with Crippen molar-refractivity contribution in [3.05, 3.63) is 29.3 Å². The average Bonchev–Trinajstić information content (AvgIpc) is 2.44. The van der Waals surface area contributed by atoms with Crippen LogP contribution in [0, 0.1) is 5.92 Å². The molecule has 1 rings (SSSR count). The zero-order valence-electron chi connectivity index (χ0n) is 12.0. The van der Waals surface area contributed by atoms with Gasteiger partial charge in [0.25, 0.3) is 0 Å². The van der Waals surface area contributed by atoms with Gasteiger partial charge < -0.3 is 10.2 Å². The van der Waals surface area contributed by atoms with Gasteiger partial charge in [-0.05, 0) is 18.2 Å². The van der Waals surface area contributed by atoms with E-state index in [0.29, 0.717) is 5.69 Å². The molecule has 1 unspecified atom stereocenters. The molecule has 21 heavy (non-hydrogen) atoms. The Morgan fingerprint density at radius 3 is 2.52 bits per heavy atom. The Balaban J connectivity index is 3.04. The van der Waals surface area contributed by atoms with Crippen LogP contribution in [-0.2, 0) is 11.0 Å². The van der Waals surface area contributed by atoms with Crippen molar-refractivity contribution in [3.8, 4) is 0 Å². The molecule has 0 saturated carbocycles. The van der Waals surface area contributed by atoms with Gasteiger partial charge in [-0.3, -0.25) is 9.59 Å². The lowest BCUT2D eigenvalue weighted by Crippen LogP contribution is -2.34. The number of rotatable bonds is 5. The van der Waals surface area contributed by atoms with Crippen molar-refractivity contribution in [1.82, 2.24) is 5.32 Å². The standard InChI is InChI=1S/C14H17F3N2O2/c1-9(13(21)18-2)7-19(3)11-5-4-10(8-20)12(6-11)14(15,16)17/h4-6,8-9H,7H2,1-3H3,(H,18,21). The largest absolute Gasteiger partial charge is 0.417 e. The van der Waals surface area contributed by atoms with Gasteiger partial charge in [-0.25, -0.2) is 0 Å². The highest BCUT2D eigenvalue weighted by atomic mass is 19.4. The maximum absolute atomic E-state index is 12.9. The Hall–Kier alpha value is -2.05. The van der Waals surface area contributed by atoms with Gasteiger partial charge in [0.15, 0.2) is 6.29 Å². The van der Waals surface area contributed by atoms with E-state index in [1.807, 2.05) is 0 Å². The average molecular weight is 302 g/mol. The van der Waals surface area contributed by atoms with Crippen molar-refractivity contribution in [1.29, 1.82) is 0 Å². The van der Waals surface area contributed by atoms with Crippen LogP contribution in [0.2, 0.25) is 0 Å². The van der Waals surface area contributed by atoms with Gasteiger partial charge in [-0.1, -0.05) is 6.92 Å². The monoisotopic (exact) mass is 302 g/mol. The minimum atomic E-state index is -4.60. The summed E-state index contributed by atoms with van der Waals surface area (Å²) >= 11 is 0. The number of aldehydes is 1. The lowest BCUT2D eigenvalue weighted by atomic mass is 10.1. The molecular formula is C14H17F3N2O2. The molecule has 1 N–H and O–H groups in total. The minimum absolute atomic E-state index is 0.180. The Morgan fingerprint density at radius 2 is 2.05 bits per heavy atom. The minimum Gasteiger partial charge on any atom is -0.374 e. The van der Waals surface area contributed by atoms with Crippen LogP contribution < -0.4 is 10.2 Å². The molecule has 0 aliphatic rings. The smallest absolute Gasteiger partial charge is 0.374 e. The molecule has 0 fully saturated rings. The van der Waals surface area contributed by atoms with Gasteiger partial charge in [0.2, 0.25) is 5.91 Å². The first-order valence-corrected chi connectivity index (χ1v) is 6.29. The van der Waals surface area contributed by atoms with E-state index in [1.165, 1.54) is 13.1 Å². The fourth-order valence-electron chi connectivity index (χ4n) is 1.98. The highest BCUT2D eigenvalue weighted by Gasteiger charge is 2.33. The fourth-order valence-corrected chi connectivity index (χ4v) is 1.98. The zero-order chi connectivity index (χ0) is 16.2. The summed E-state index contributed by atoms with van der Waals surface area (Å²) in [5.41, 5.74) is -1.09. The van der Waals surface area contributed by atoms with E-state index < -0.39 is 17.3 Å². The summed E-state index contributed by atoms with van der Waals surface area (Å²) in [6.45, 7) is 1.94. The molecule has 4 nitrogen and oxygen atoms in total. The molecule has 0 radical (unpaired) electrons. The second-order valence-electron chi connectivity index (χ2n) is 4.78. The van der Waals surface area contributed by atoms with Crippen LogP contribution in [0.3, 0.4) is 0 Å². The van der Waals surface area contributed by atoms with Crippen LogP contribution in [0.4, 0.5) is 18.9 Å². The predicted molar refractivity (Wildman–Crippen MR) is 73.3 cm³/mol. The summed E-state index contributed by atoms with van der Waals surface area (Å²) in [7, 11) is 3.09. The molecule has 0 saturated heterocycles. The summed E-state index contributed by atoms with van der Waals surface area (Å²) in [6, 6.07) is 3.47. The van der Waals surface area contributed by atoms with Crippen molar-refractivity contribution in [3.63, 3.8) is 0 Å². The molecule has 1 atom stereocenters. The number of hydrogen-bond donors (Lipinski definition) is 1. The van der Waals surface area contributed by atoms with E-state index in [-0.39, 0.29) is 24.7 Å². The molecule has 116 valence electrons. The number of halogens is 3. The van der Waals surface area contributed by atoms with E-state index >= 15 is 0 Å². The van der Waals surface area contributed by atoms with Gasteiger partial charge in [0.1, 0.15) is 0 Å². The molecule has 1 amide bonds. The first kappa shape index (κ1) is 17.0. The molecule has 0 aliphatic carbocycles. The first-order chi connectivity index (χ1) is 9.70. The SMILES string of the molecule is CNC(=O)C(C)CN(C)c1ccc(C=O)c(C(F)(F)F)c1. The third-order valence-corrected chi connectivity index (χ3v) is 3.15. The highest BCUT2D eigenvalue weighted by molar-refractivity contribution is 5.80. The second-order valence-corrected chi connectivity index (χ2v) is 4.78. The number of carbonyl (C=O) groups excluding carboxylic acids is 2. The lowest BCUT2D eigenvalue weighted by molar-refractivity contribution is -0.137. The van der Waals surface area contributed by atoms with Gasteiger partial charge in [-0.15, -0.1) is 0 Å². The van der Waals surface area contributed by atoms with Crippen molar-refractivity contribution in [2.75, 3.05) is 25.5 Å². The topological polar surface area (TPSA) is 49.4 Å². The maximum atomic E-state index is 12.9. The number of nitrogens with one attached hydrogen (secondary N) is 1. The summed E-state index contributed by atoms with van der Waals surface area (Å²) < 4.78 is 38.6. The molecule has 0 bridgehead atoms. The van der Waals surface area contributed by atoms with Crippen molar-refractivity contribution in [2.45, 2.75) is 13.1 Å². The first-order valence-electron chi connectivity index (χ1n) is 6.29. The van der Waals surface area contributed by atoms with Crippen LogP contribution in [-0.4, -0.2) is 32.8 Å². The zero-order valence-corrected chi connectivity index (χ0v) is 12.0. The molecule has 1 aromatic carbocycles. The van der Waals surface area contributed by atoms with Gasteiger partial charge in [0, 0.05) is 31.9 Å². The summed E-state index contributed by atoms with van der Waals surface area (Å²) in [5, 5.41) is 2.48. The third kappa shape index (κ3) is 4.21. The number of benzene rings is 1. The van der Waals surface area contributed by atoms with Crippen LogP contribution in [0.1, 0.15) is 22.8 Å². The molecule has 0 aliphatic heterocycles. The summed E-state index contributed by atoms with van der Waals surface area (Å²) in [4.78, 5) is 23.7. The number of hydrogen-bond acceptors (Lipinski definition) is 3. The predicted octanol–water partition coefficient (Wildman–Crippen LogP) is 2.34. The number of anilines is 1. The van der Waals surface area contributed by atoms with E-state index in [4.69, 9.17) is 0 Å². The Morgan fingerprint density at radius 1 is 1.43 bits per heavy atom. The molecule has 0 aromatic heterocycles. The Kier molecular flexibility index (Phi) is 5.34. The molecule has 0 spiro atoms. The Bertz CT molecular complexity index is 529. The van der Waals surface area contributed by atoms with Crippen molar-refractivity contribution in [2.24, 2.45) is 5.92 Å². The van der Waals surface area contributed by atoms with E-state index in [9.17, 15) is 22.8 Å². The summed E-state index contributed by atoms with van der Waals surface area (Å²) in [6.07, 6.45) is -4.42. The highest BCUT2D eigenvalue weighted by Crippen LogP contribution is 2.34. The lowest BCUT2D eigenvalue weighted by Gasteiger charge is -2.24. The molecular weight excluding hydrogens is 285 g/mol. The number of carbonyl (C=O) groups is 2. The van der Waals surface area contributed by atoms with Crippen molar-refractivity contribution >= 4 is 17.9 Å². The fraction of sp³-hybridized carbons (Fsp3) is 0.429. The van der Waals surface area contributed by atoms with Crippen LogP contribution in [0.5, 0.6) is 0 Å². The van der Waals surface area contributed by atoms with Gasteiger partial charge in [0.05, 0.1) is 11.5 Å².